The van der Waals surface area contributed by atoms with Gasteiger partial charge in [0.1, 0.15) is 18.0 Å². The van der Waals surface area contributed by atoms with Gasteiger partial charge in [-0.2, -0.15) is 0 Å². The van der Waals surface area contributed by atoms with E-state index < -0.39 is 87.8 Å². The largest absolute Gasteiger partial charge is 0.461 e. The van der Waals surface area contributed by atoms with Crippen LogP contribution < -0.4 is 0 Å². The molecule has 3 N–H and O–H groups in total. The van der Waals surface area contributed by atoms with Crippen LogP contribution in [0, 0.1) is 52.3 Å². The fourth-order valence-corrected chi connectivity index (χ4v) is 11.9. The molecule has 2 saturated heterocycles. The molecule has 10 nitrogen and oxygen atoms in total. The minimum Gasteiger partial charge on any atom is -0.461 e. The van der Waals surface area contributed by atoms with Crippen molar-refractivity contribution >= 4 is 23.5 Å². The Bertz CT molecular complexity index is 1820. The van der Waals surface area contributed by atoms with E-state index in [9.17, 15) is 34.5 Å². The Morgan fingerprint density at radius 2 is 1.44 bits per heavy atom. The Balaban J connectivity index is 1.24. The van der Waals surface area contributed by atoms with Crippen molar-refractivity contribution in [1.29, 1.82) is 0 Å². The topological polar surface area (TPSA) is 157 Å². The van der Waals surface area contributed by atoms with Crippen molar-refractivity contribution in [2.45, 2.75) is 156 Å². The van der Waals surface area contributed by atoms with Crippen molar-refractivity contribution < 1.29 is 48.7 Å². The molecule has 10 heteroatoms. The first-order valence-electron chi connectivity index (χ1n) is 23.2. The lowest BCUT2D eigenvalue weighted by atomic mass is 9.37. The second-order valence-electron chi connectivity index (χ2n) is 19.4. The van der Waals surface area contributed by atoms with Gasteiger partial charge in [0.25, 0.3) is 0 Å². The number of allylic oxidation sites excluding steroid dienone is 13. The van der Waals surface area contributed by atoms with E-state index in [4.69, 9.17) is 14.2 Å². The summed E-state index contributed by atoms with van der Waals surface area (Å²) in [4.78, 5) is 55.5. The second kappa shape index (κ2) is 20.9. The summed E-state index contributed by atoms with van der Waals surface area (Å²) in [5.74, 6) is -8.21. The Hall–Kier alpha value is -3.70. The van der Waals surface area contributed by atoms with Crippen LogP contribution in [-0.4, -0.2) is 75.1 Å². The highest BCUT2D eigenvalue weighted by atomic mass is 16.7. The molecular weight excluding hydrogens is 785 g/mol. The number of Topliss-reactive ketones (excluding diaryl/α,β-unsaturated/α-hetero) is 1. The highest BCUT2D eigenvalue weighted by Crippen LogP contribution is 2.74. The van der Waals surface area contributed by atoms with E-state index in [1.54, 1.807) is 6.92 Å². The SMILES string of the molecule is CCC=CCC=CCC=CCC=CCC=CCC=CCCC(=O)O[C@@H]1C(=O)C=C(C)[C@@H]2C[C@H]3OC(=O)C(CC(=O)CC(O)(C(C)C)C(C)C)C4[C@@H](C)[C@@H](O)[C@@]5(O)OC[C@@]43C5[C@@]12C. The van der Waals surface area contributed by atoms with Crippen LogP contribution in [0.15, 0.2) is 84.6 Å². The molecule has 1 spiro atoms. The van der Waals surface area contributed by atoms with E-state index in [2.05, 4.69) is 67.7 Å². The van der Waals surface area contributed by atoms with Crippen molar-refractivity contribution in [3.8, 4) is 0 Å². The number of ketones is 2. The first kappa shape index (κ1) is 49.3. The lowest BCUT2D eigenvalue weighted by molar-refractivity contribution is -0.337. The third-order valence-electron chi connectivity index (χ3n) is 15.1. The molecule has 3 unspecified atom stereocenters. The zero-order chi connectivity index (χ0) is 45.5. The van der Waals surface area contributed by atoms with Crippen LogP contribution in [0.4, 0.5) is 0 Å². The van der Waals surface area contributed by atoms with Crippen LogP contribution >= 0.6 is 0 Å². The Labute approximate surface area is 370 Å². The summed E-state index contributed by atoms with van der Waals surface area (Å²) < 4.78 is 18.7. The third kappa shape index (κ3) is 9.69. The molecule has 5 aliphatic rings. The monoisotopic (exact) mass is 859 g/mol. The maximum absolute atomic E-state index is 14.0. The van der Waals surface area contributed by atoms with Crippen LogP contribution in [0.25, 0.3) is 0 Å². The molecule has 2 heterocycles. The molecule has 0 aromatic rings. The minimum atomic E-state index is -2.15. The average molecular weight is 859 g/mol. The highest BCUT2D eigenvalue weighted by Gasteiger charge is 2.83. The van der Waals surface area contributed by atoms with Crippen molar-refractivity contribution in [3.63, 3.8) is 0 Å². The Kier molecular flexibility index (Phi) is 16.6. The van der Waals surface area contributed by atoms with Crippen LogP contribution in [0.5, 0.6) is 0 Å². The van der Waals surface area contributed by atoms with Gasteiger partial charge in [-0.1, -0.05) is 127 Å². The Morgan fingerprint density at radius 1 is 0.903 bits per heavy atom. The predicted molar refractivity (Wildman–Crippen MR) is 240 cm³/mol. The van der Waals surface area contributed by atoms with E-state index in [1.807, 2.05) is 53.7 Å². The van der Waals surface area contributed by atoms with Gasteiger partial charge in [0.2, 0.25) is 0 Å². The predicted octanol–water partition coefficient (Wildman–Crippen LogP) is 8.81. The number of rotatable bonds is 21. The first-order chi connectivity index (χ1) is 29.4. The molecule has 3 aliphatic carbocycles. The average Bonchev–Trinajstić information content (AvgIpc) is 3.50. The number of esters is 2. The maximum atomic E-state index is 14.0. The first-order valence-corrected chi connectivity index (χ1v) is 23.2. The summed E-state index contributed by atoms with van der Waals surface area (Å²) in [6.07, 6.45) is 29.2. The molecule has 2 aliphatic heterocycles. The standard InChI is InChI=1S/C52H74O10/c1-9-10-11-12-13-14-15-16-17-18-19-20-21-22-23-24-25-26-27-28-43(55)62-46-41(54)29-36(6)40-31-42-50-33-60-52(59,48(50)49(40,46)8)45(56)37(7)44(50)39(47(57)61-42)30-38(53)32-51(58,34(2)3)35(4)5/h10-11,13-14,16-17,19-20,22-23,25-26,29,34-35,37,39-40,42,44-46,48,56,58-59H,9,12,15,18,21,24,27-28,30-33H2,1-8H3/t37-,39?,40+,42-,44?,45-,46-,48?,49-,50+,52-/m1/s1. The molecule has 0 amide bonds. The van der Waals surface area contributed by atoms with E-state index in [0.29, 0.717) is 24.8 Å². The molecule has 0 aromatic carbocycles. The van der Waals surface area contributed by atoms with E-state index in [1.165, 1.54) is 6.08 Å². The summed E-state index contributed by atoms with van der Waals surface area (Å²) in [6, 6.07) is 0. The number of aliphatic hydroxyl groups is 3. The van der Waals surface area contributed by atoms with Gasteiger partial charge in [-0.15, -0.1) is 0 Å². The molecule has 11 atom stereocenters. The van der Waals surface area contributed by atoms with E-state index in [0.717, 1.165) is 32.1 Å². The molecule has 4 fully saturated rings. The molecule has 0 aromatic heterocycles. The molecular formula is C52H74O10. The van der Waals surface area contributed by atoms with Crippen molar-refractivity contribution in [2.24, 2.45) is 52.3 Å². The number of hydrogen-bond acceptors (Lipinski definition) is 10. The molecule has 0 radical (unpaired) electrons. The van der Waals surface area contributed by atoms with Gasteiger partial charge in [-0.3, -0.25) is 19.2 Å². The van der Waals surface area contributed by atoms with E-state index >= 15 is 0 Å². The smallest absolute Gasteiger partial charge is 0.309 e. The minimum absolute atomic E-state index is 0.0395. The van der Waals surface area contributed by atoms with E-state index in [-0.39, 0.29) is 43.5 Å². The molecule has 342 valence electrons. The maximum Gasteiger partial charge on any atom is 0.309 e. The summed E-state index contributed by atoms with van der Waals surface area (Å²) in [5, 5.41) is 36.0. The van der Waals surface area contributed by atoms with Gasteiger partial charge >= 0.3 is 11.9 Å². The number of fused-ring (bicyclic) bond motifs is 1. The summed E-state index contributed by atoms with van der Waals surface area (Å²) in [6.45, 7) is 14.9. The van der Waals surface area contributed by atoms with Crippen LogP contribution in [-0.2, 0) is 33.4 Å². The number of carbonyl (C=O) groups excluding carboxylic acids is 4. The number of ether oxygens (including phenoxy) is 3. The van der Waals surface area contributed by atoms with Crippen molar-refractivity contribution in [3.05, 3.63) is 84.6 Å². The molecule has 5 rings (SSSR count). The van der Waals surface area contributed by atoms with Gasteiger partial charge in [-0.25, -0.2) is 0 Å². The molecule has 2 bridgehead atoms. The van der Waals surface area contributed by atoms with Gasteiger partial charge < -0.3 is 29.5 Å². The third-order valence-corrected chi connectivity index (χ3v) is 15.1. The summed E-state index contributed by atoms with van der Waals surface area (Å²) in [7, 11) is 0. The quantitative estimate of drug-likeness (QED) is 0.0753. The van der Waals surface area contributed by atoms with Crippen molar-refractivity contribution in [2.75, 3.05) is 6.61 Å². The fraction of sp³-hybridized carbons (Fsp3) is 0.654. The lowest BCUT2D eigenvalue weighted by Gasteiger charge is -2.68. The Morgan fingerprint density at radius 3 is 1.97 bits per heavy atom. The van der Waals surface area contributed by atoms with Gasteiger partial charge in [0.05, 0.1) is 18.1 Å². The molecule has 62 heavy (non-hydrogen) atoms. The fourth-order valence-electron chi connectivity index (χ4n) is 11.9. The number of carbonyl (C=O) groups is 4. The summed E-state index contributed by atoms with van der Waals surface area (Å²) in [5.41, 5.74) is -2.93. The van der Waals surface area contributed by atoms with Gasteiger partial charge in [0.15, 0.2) is 17.7 Å². The van der Waals surface area contributed by atoms with Crippen LogP contribution in [0.2, 0.25) is 0 Å². The normalized spacial score (nSPS) is 34.7. The zero-order valence-corrected chi connectivity index (χ0v) is 38.5. The molecule has 2 saturated carbocycles. The summed E-state index contributed by atoms with van der Waals surface area (Å²) >= 11 is 0. The van der Waals surface area contributed by atoms with Crippen LogP contribution in [0.3, 0.4) is 0 Å². The second-order valence-corrected chi connectivity index (χ2v) is 19.4. The van der Waals surface area contributed by atoms with Crippen molar-refractivity contribution in [1.82, 2.24) is 0 Å². The number of aliphatic hydroxyl groups excluding tert-OH is 1. The van der Waals surface area contributed by atoms with Crippen LogP contribution in [0.1, 0.15) is 126 Å². The zero-order valence-electron chi connectivity index (χ0n) is 38.5. The van der Waals surface area contributed by atoms with Gasteiger partial charge in [0, 0.05) is 36.0 Å². The lowest BCUT2D eigenvalue weighted by Crippen LogP contribution is -2.77. The highest BCUT2D eigenvalue weighted by molar-refractivity contribution is 5.97. The van der Waals surface area contributed by atoms with Gasteiger partial charge in [-0.05, 0) is 94.0 Å². The number of hydrogen-bond donors (Lipinski definition) is 3.